The number of rotatable bonds is 2. The minimum atomic E-state index is 0.850. The lowest BCUT2D eigenvalue weighted by molar-refractivity contribution is 1.11. The Morgan fingerprint density at radius 3 is 2.35 bits per heavy atom. The molecule has 0 bridgehead atoms. The first-order valence-electron chi connectivity index (χ1n) is 8.38. The molecule has 0 saturated carbocycles. The van der Waals surface area contributed by atoms with Gasteiger partial charge in [-0.2, -0.15) is 0 Å². The zero-order valence-electron chi connectivity index (χ0n) is 13.8. The van der Waals surface area contributed by atoms with Gasteiger partial charge in [-0.15, -0.1) is 10.2 Å². The molecular weight excluding hydrogens is 386 g/mol. The standard InChI is InChI=1S/C22H14BrN3/c23-19-9-4-7-17(14-19)16-6-3-8-18(13-16)21-24-25-22-20-10-2-1-5-15(20)11-12-26(21)22/h1-14H. The number of aromatic nitrogens is 3. The molecule has 5 rings (SSSR count). The van der Waals surface area contributed by atoms with Gasteiger partial charge in [0, 0.05) is 21.6 Å². The monoisotopic (exact) mass is 399 g/mol. The van der Waals surface area contributed by atoms with E-state index in [4.69, 9.17) is 0 Å². The summed E-state index contributed by atoms with van der Waals surface area (Å²) in [6.45, 7) is 0. The molecular formula is C22H14BrN3. The fourth-order valence-corrected chi connectivity index (χ4v) is 3.72. The fourth-order valence-electron chi connectivity index (χ4n) is 3.32. The molecule has 4 heteroatoms. The molecule has 5 aromatic rings. The summed E-state index contributed by atoms with van der Waals surface area (Å²) in [7, 11) is 0. The van der Waals surface area contributed by atoms with Gasteiger partial charge < -0.3 is 0 Å². The van der Waals surface area contributed by atoms with Crippen LogP contribution in [0.3, 0.4) is 0 Å². The number of hydrogen-bond acceptors (Lipinski definition) is 2. The van der Waals surface area contributed by atoms with Crippen LogP contribution in [0.5, 0.6) is 0 Å². The average molecular weight is 400 g/mol. The van der Waals surface area contributed by atoms with E-state index in [1.165, 1.54) is 10.9 Å². The molecule has 0 unspecified atom stereocenters. The van der Waals surface area contributed by atoms with Gasteiger partial charge in [-0.1, -0.05) is 70.5 Å². The topological polar surface area (TPSA) is 30.2 Å². The zero-order chi connectivity index (χ0) is 17.5. The highest BCUT2D eigenvalue weighted by Gasteiger charge is 2.11. The Morgan fingerprint density at radius 2 is 1.46 bits per heavy atom. The highest BCUT2D eigenvalue weighted by Crippen LogP contribution is 2.28. The Morgan fingerprint density at radius 1 is 0.692 bits per heavy atom. The first-order valence-corrected chi connectivity index (χ1v) is 9.18. The molecule has 0 aliphatic heterocycles. The number of pyridine rings is 1. The van der Waals surface area contributed by atoms with Crippen molar-refractivity contribution in [1.29, 1.82) is 0 Å². The molecule has 0 fully saturated rings. The second-order valence-corrected chi connectivity index (χ2v) is 7.13. The van der Waals surface area contributed by atoms with Gasteiger partial charge in [-0.05, 0) is 40.8 Å². The fraction of sp³-hybridized carbons (Fsp3) is 0. The van der Waals surface area contributed by atoms with Gasteiger partial charge in [-0.25, -0.2) is 0 Å². The largest absolute Gasteiger partial charge is 0.282 e. The summed E-state index contributed by atoms with van der Waals surface area (Å²) < 4.78 is 3.13. The Kier molecular flexibility index (Phi) is 3.57. The van der Waals surface area contributed by atoms with Gasteiger partial charge in [0.1, 0.15) is 0 Å². The van der Waals surface area contributed by atoms with Crippen molar-refractivity contribution in [2.75, 3.05) is 0 Å². The highest BCUT2D eigenvalue weighted by molar-refractivity contribution is 9.10. The summed E-state index contributed by atoms with van der Waals surface area (Å²) in [6, 6.07) is 27.1. The smallest absolute Gasteiger partial charge is 0.168 e. The summed E-state index contributed by atoms with van der Waals surface area (Å²) in [4.78, 5) is 0. The van der Waals surface area contributed by atoms with Crippen LogP contribution in [0.15, 0.2) is 89.5 Å². The van der Waals surface area contributed by atoms with Crippen molar-refractivity contribution in [3.8, 4) is 22.5 Å². The van der Waals surface area contributed by atoms with Crippen LogP contribution >= 0.6 is 15.9 Å². The molecule has 0 aliphatic rings. The second kappa shape index (κ2) is 6.07. The first-order chi connectivity index (χ1) is 12.8. The van der Waals surface area contributed by atoms with Crippen molar-refractivity contribution >= 4 is 32.3 Å². The van der Waals surface area contributed by atoms with E-state index < -0.39 is 0 Å². The van der Waals surface area contributed by atoms with E-state index in [1.807, 2.05) is 30.5 Å². The molecule has 2 heterocycles. The van der Waals surface area contributed by atoms with E-state index in [0.717, 1.165) is 32.5 Å². The van der Waals surface area contributed by atoms with E-state index in [-0.39, 0.29) is 0 Å². The molecule has 0 saturated heterocycles. The van der Waals surface area contributed by atoms with Gasteiger partial charge in [-0.3, -0.25) is 4.40 Å². The molecule has 0 atom stereocenters. The minimum Gasteiger partial charge on any atom is -0.282 e. The van der Waals surface area contributed by atoms with Crippen LogP contribution in [-0.4, -0.2) is 14.6 Å². The molecule has 0 radical (unpaired) electrons. The minimum absolute atomic E-state index is 0.850. The third kappa shape index (κ3) is 2.50. The van der Waals surface area contributed by atoms with Crippen molar-refractivity contribution in [3.63, 3.8) is 0 Å². The van der Waals surface area contributed by atoms with Crippen LogP contribution in [0, 0.1) is 0 Å². The van der Waals surface area contributed by atoms with E-state index in [2.05, 4.69) is 85.1 Å². The summed E-state index contributed by atoms with van der Waals surface area (Å²) in [5, 5.41) is 11.2. The van der Waals surface area contributed by atoms with Gasteiger partial charge in [0.15, 0.2) is 11.5 Å². The lowest BCUT2D eigenvalue weighted by Gasteiger charge is -2.06. The summed E-state index contributed by atoms with van der Waals surface area (Å²) >= 11 is 3.55. The van der Waals surface area contributed by atoms with Crippen LogP contribution in [0.4, 0.5) is 0 Å². The van der Waals surface area contributed by atoms with Crippen molar-refractivity contribution < 1.29 is 0 Å². The van der Waals surface area contributed by atoms with Crippen LogP contribution < -0.4 is 0 Å². The predicted octanol–water partition coefficient (Wildman–Crippen LogP) is 5.98. The number of hydrogen-bond donors (Lipinski definition) is 0. The Balaban J connectivity index is 1.69. The molecule has 2 aromatic heterocycles. The normalized spacial score (nSPS) is 11.3. The van der Waals surface area contributed by atoms with Crippen molar-refractivity contribution in [2.45, 2.75) is 0 Å². The Hall–Kier alpha value is -2.98. The number of nitrogens with zero attached hydrogens (tertiary/aromatic N) is 3. The molecule has 124 valence electrons. The van der Waals surface area contributed by atoms with Crippen molar-refractivity contribution in [1.82, 2.24) is 14.6 Å². The van der Waals surface area contributed by atoms with E-state index in [0.29, 0.717) is 0 Å². The molecule has 0 N–H and O–H groups in total. The molecule has 0 aliphatic carbocycles. The molecule has 0 spiro atoms. The van der Waals surface area contributed by atoms with Crippen LogP contribution in [0.2, 0.25) is 0 Å². The number of benzene rings is 3. The third-order valence-corrected chi connectivity index (χ3v) is 5.07. The SMILES string of the molecule is Brc1cccc(-c2cccc(-c3nnc4c5ccccc5ccn34)c2)c1. The Labute approximate surface area is 159 Å². The highest BCUT2D eigenvalue weighted by atomic mass is 79.9. The van der Waals surface area contributed by atoms with Crippen LogP contribution in [0.25, 0.3) is 38.9 Å². The maximum Gasteiger partial charge on any atom is 0.168 e. The summed E-state index contributed by atoms with van der Waals surface area (Å²) in [5.41, 5.74) is 4.25. The quantitative estimate of drug-likeness (QED) is 0.365. The zero-order valence-corrected chi connectivity index (χ0v) is 15.4. The molecule has 26 heavy (non-hydrogen) atoms. The Bertz CT molecular complexity index is 1260. The number of halogens is 1. The lowest BCUT2D eigenvalue weighted by Crippen LogP contribution is -1.90. The molecule has 3 aromatic carbocycles. The average Bonchev–Trinajstić information content (AvgIpc) is 3.13. The van der Waals surface area contributed by atoms with Crippen LogP contribution in [-0.2, 0) is 0 Å². The van der Waals surface area contributed by atoms with Gasteiger partial charge in [0.25, 0.3) is 0 Å². The van der Waals surface area contributed by atoms with Crippen molar-refractivity contribution in [3.05, 3.63) is 89.5 Å². The van der Waals surface area contributed by atoms with Crippen LogP contribution in [0.1, 0.15) is 0 Å². The van der Waals surface area contributed by atoms with E-state index in [1.54, 1.807) is 0 Å². The maximum absolute atomic E-state index is 4.47. The second-order valence-electron chi connectivity index (χ2n) is 6.21. The van der Waals surface area contributed by atoms with Gasteiger partial charge in [0.2, 0.25) is 0 Å². The number of fused-ring (bicyclic) bond motifs is 3. The van der Waals surface area contributed by atoms with Gasteiger partial charge >= 0.3 is 0 Å². The first kappa shape index (κ1) is 15.3. The van der Waals surface area contributed by atoms with E-state index in [9.17, 15) is 0 Å². The summed E-state index contributed by atoms with van der Waals surface area (Å²) in [5.74, 6) is 0.850. The lowest BCUT2D eigenvalue weighted by atomic mass is 10.0. The van der Waals surface area contributed by atoms with Crippen molar-refractivity contribution in [2.24, 2.45) is 0 Å². The molecule has 3 nitrogen and oxygen atoms in total. The third-order valence-electron chi connectivity index (χ3n) is 4.58. The maximum atomic E-state index is 4.47. The molecule has 0 amide bonds. The van der Waals surface area contributed by atoms with E-state index >= 15 is 0 Å². The predicted molar refractivity (Wildman–Crippen MR) is 109 cm³/mol. The summed E-state index contributed by atoms with van der Waals surface area (Å²) in [6.07, 6.45) is 2.04. The van der Waals surface area contributed by atoms with Gasteiger partial charge in [0.05, 0.1) is 0 Å².